The summed E-state index contributed by atoms with van der Waals surface area (Å²) >= 11 is 0. The number of Topliss-reactive ketones (excluding diaryl/α,β-unsaturated/α-hetero) is 1. The van der Waals surface area contributed by atoms with Crippen molar-refractivity contribution < 1.29 is 22.9 Å². The van der Waals surface area contributed by atoms with Gasteiger partial charge in [0, 0.05) is 19.1 Å². The topological polar surface area (TPSA) is 104 Å². The molecule has 1 saturated heterocycles. The molecule has 6 nitrogen and oxygen atoms in total. The van der Waals surface area contributed by atoms with Gasteiger partial charge in [-0.15, -0.1) is 0 Å². The zero-order valence-electron chi connectivity index (χ0n) is 14.8. The van der Waals surface area contributed by atoms with Gasteiger partial charge in [0.05, 0.1) is 11.2 Å². The average Bonchev–Trinajstić information content (AvgIpc) is 2.82. The molecule has 140 valence electrons. The normalized spacial score (nSPS) is 34.8. The molecule has 0 aromatic heterocycles. The third kappa shape index (κ3) is 4.00. The molecule has 0 aromatic rings. The number of carbonyl (C=O) groups is 1. The number of carbonyl (C=O) groups excluding carboxylic acids is 1. The first-order valence-corrected chi connectivity index (χ1v) is 10.6. The Bertz CT molecular complexity index is 551. The third-order valence-electron chi connectivity index (χ3n) is 6.46. The molecule has 2 aliphatic carbocycles. The van der Waals surface area contributed by atoms with Crippen molar-refractivity contribution in [3.63, 3.8) is 0 Å². The number of nitrogens with one attached hydrogen (secondary N) is 1. The van der Waals surface area contributed by atoms with Crippen LogP contribution in [0.4, 0.5) is 0 Å². The molecule has 0 radical (unpaired) electrons. The van der Waals surface area contributed by atoms with Crippen molar-refractivity contribution in [3.05, 3.63) is 0 Å². The number of fused-ring (bicyclic) bond motifs is 2. The predicted molar refractivity (Wildman–Crippen MR) is 92.3 cm³/mol. The fourth-order valence-electron chi connectivity index (χ4n) is 4.75. The number of rotatable bonds is 4. The Hall–Kier alpha value is -0.500. The molecule has 0 amide bonds. The van der Waals surface area contributed by atoms with Crippen molar-refractivity contribution >= 4 is 15.9 Å². The average molecular weight is 362 g/mol. The van der Waals surface area contributed by atoms with Crippen LogP contribution in [0.1, 0.15) is 58.8 Å². The molecule has 3 rings (SSSR count). The number of aliphatic hydroxyl groups excluding tert-OH is 1. The van der Waals surface area contributed by atoms with E-state index >= 15 is 0 Å². The SMILES string of the molecule is CC1(C)C2CCC1(CS(=O)(=O)O)C(=O)C2.OCCC1CCCCN1. The van der Waals surface area contributed by atoms with E-state index in [1.54, 1.807) is 0 Å². The highest BCUT2D eigenvalue weighted by molar-refractivity contribution is 7.85. The minimum Gasteiger partial charge on any atom is -0.396 e. The van der Waals surface area contributed by atoms with Crippen LogP contribution >= 0.6 is 0 Å². The molecule has 24 heavy (non-hydrogen) atoms. The van der Waals surface area contributed by atoms with Crippen LogP contribution in [0, 0.1) is 16.7 Å². The van der Waals surface area contributed by atoms with E-state index < -0.39 is 21.3 Å². The number of piperidine rings is 1. The van der Waals surface area contributed by atoms with E-state index in [1.165, 1.54) is 19.3 Å². The summed E-state index contributed by atoms with van der Waals surface area (Å²) in [5, 5.41) is 11.9. The van der Waals surface area contributed by atoms with Crippen LogP contribution in [-0.2, 0) is 14.9 Å². The van der Waals surface area contributed by atoms with E-state index in [1.807, 2.05) is 13.8 Å². The molecule has 0 aromatic carbocycles. The molecule has 7 heteroatoms. The molecule has 3 fully saturated rings. The molecule has 3 unspecified atom stereocenters. The number of hydrogen-bond acceptors (Lipinski definition) is 5. The van der Waals surface area contributed by atoms with E-state index in [4.69, 9.17) is 9.66 Å². The third-order valence-corrected chi connectivity index (χ3v) is 7.32. The predicted octanol–water partition coefficient (Wildman–Crippen LogP) is 1.78. The zero-order valence-corrected chi connectivity index (χ0v) is 15.6. The molecule has 3 aliphatic rings. The molecule has 3 atom stereocenters. The van der Waals surface area contributed by atoms with E-state index in [0.29, 0.717) is 25.5 Å². The van der Waals surface area contributed by atoms with Gasteiger partial charge >= 0.3 is 0 Å². The van der Waals surface area contributed by atoms with Gasteiger partial charge in [-0.2, -0.15) is 8.42 Å². The molecule has 3 N–H and O–H groups in total. The summed E-state index contributed by atoms with van der Waals surface area (Å²) in [7, 11) is -4.08. The lowest BCUT2D eigenvalue weighted by Crippen LogP contribution is -2.42. The van der Waals surface area contributed by atoms with Gasteiger partial charge in [0.15, 0.2) is 0 Å². The van der Waals surface area contributed by atoms with E-state index in [2.05, 4.69) is 5.32 Å². The molecule has 1 heterocycles. The summed E-state index contributed by atoms with van der Waals surface area (Å²) in [5.74, 6) is -0.101. The lowest BCUT2D eigenvalue weighted by Gasteiger charge is -2.35. The first-order valence-electron chi connectivity index (χ1n) is 8.95. The molecule has 2 bridgehead atoms. The number of hydrogen-bond donors (Lipinski definition) is 3. The van der Waals surface area contributed by atoms with Gasteiger partial charge in [0.2, 0.25) is 0 Å². The zero-order chi connectivity index (χ0) is 18.0. The van der Waals surface area contributed by atoms with E-state index in [0.717, 1.165) is 19.4 Å². The van der Waals surface area contributed by atoms with Crippen molar-refractivity contribution in [2.45, 2.75) is 64.8 Å². The van der Waals surface area contributed by atoms with Crippen LogP contribution < -0.4 is 5.32 Å². The number of aliphatic hydroxyl groups is 1. The standard InChI is InChI=1S/C10H16O4S.C7H15NO/c1-9(2)7-3-4-10(9,8(11)5-7)6-15(12,13)14;9-6-4-7-3-1-2-5-8-7/h7H,3-6H2,1-2H3,(H,12,13,14);7-9H,1-6H2. The highest BCUT2D eigenvalue weighted by Crippen LogP contribution is 2.64. The second-order valence-electron chi connectivity index (χ2n) is 8.05. The first-order chi connectivity index (χ1) is 11.1. The Kier molecular flexibility index (Phi) is 6.11. The Balaban J connectivity index is 0.000000198. The van der Waals surface area contributed by atoms with Crippen molar-refractivity contribution in [2.75, 3.05) is 18.9 Å². The second-order valence-corrected chi connectivity index (χ2v) is 9.50. The van der Waals surface area contributed by atoms with Crippen molar-refractivity contribution in [3.8, 4) is 0 Å². The molecule has 1 aliphatic heterocycles. The van der Waals surface area contributed by atoms with Crippen LogP contribution in [0.15, 0.2) is 0 Å². The molecule has 0 spiro atoms. The first kappa shape index (κ1) is 19.8. The van der Waals surface area contributed by atoms with Crippen LogP contribution in [0.5, 0.6) is 0 Å². The molecule has 2 saturated carbocycles. The van der Waals surface area contributed by atoms with Gasteiger partial charge in [0.25, 0.3) is 10.1 Å². The summed E-state index contributed by atoms with van der Waals surface area (Å²) < 4.78 is 31.0. The van der Waals surface area contributed by atoms with Crippen molar-refractivity contribution in [2.24, 2.45) is 16.7 Å². The Morgan fingerprint density at radius 2 is 1.96 bits per heavy atom. The highest BCUT2D eigenvalue weighted by atomic mass is 32.2. The van der Waals surface area contributed by atoms with Gasteiger partial charge in [-0.1, -0.05) is 20.3 Å². The smallest absolute Gasteiger partial charge is 0.265 e. The van der Waals surface area contributed by atoms with Crippen LogP contribution in [0.2, 0.25) is 0 Å². The Morgan fingerprint density at radius 3 is 2.38 bits per heavy atom. The van der Waals surface area contributed by atoms with Crippen LogP contribution in [-0.4, -0.2) is 48.8 Å². The van der Waals surface area contributed by atoms with E-state index in [9.17, 15) is 13.2 Å². The van der Waals surface area contributed by atoms with Gasteiger partial charge in [-0.3, -0.25) is 9.35 Å². The van der Waals surface area contributed by atoms with Crippen LogP contribution in [0.25, 0.3) is 0 Å². The minimum atomic E-state index is -4.08. The summed E-state index contributed by atoms with van der Waals surface area (Å²) in [4.78, 5) is 11.9. The summed E-state index contributed by atoms with van der Waals surface area (Å²) in [5.41, 5.74) is -1.12. The molecular weight excluding hydrogens is 330 g/mol. The summed E-state index contributed by atoms with van der Waals surface area (Å²) in [6, 6.07) is 0.601. The largest absolute Gasteiger partial charge is 0.396 e. The minimum absolute atomic E-state index is 0.0152. The number of ketones is 1. The quantitative estimate of drug-likeness (QED) is 0.660. The summed E-state index contributed by atoms with van der Waals surface area (Å²) in [6.07, 6.45) is 6.79. The fourth-order valence-corrected chi connectivity index (χ4v) is 6.05. The second kappa shape index (κ2) is 7.40. The molecular formula is C17H31NO5S. The van der Waals surface area contributed by atoms with Crippen molar-refractivity contribution in [1.82, 2.24) is 5.32 Å². The van der Waals surface area contributed by atoms with Gasteiger partial charge in [0.1, 0.15) is 5.78 Å². The van der Waals surface area contributed by atoms with E-state index in [-0.39, 0.29) is 17.1 Å². The van der Waals surface area contributed by atoms with Gasteiger partial charge in [-0.05, 0) is 50.0 Å². The van der Waals surface area contributed by atoms with Crippen molar-refractivity contribution in [1.29, 1.82) is 0 Å². The maximum absolute atomic E-state index is 11.9. The maximum atomic E-state index is 11.9. The lowest BCUT2D eigenvalue weighted by atomic mass is 9.70. The summed E-state index contributed by atoms with van der Waals surface area (Å²) in [6.45, 7) is 5.36. The fraction of sp³-hybridized carbons (Fsp3) is 0.941. The van der Waals surface area contributed by atoms with Gasteiger partial charge < -0.3 is 10.4 Å². The Labute approximate surface area is 145 Å². The Morgan fingerprint density at radius 1 is 1.25 bits per heavy atom. The lowest BCUT2D eigenvalue weighted by molar-refractivity contribution is -0.128. The van der Waals surface area contributed by atoms with Crippen LogP contribution in [0.3, 0.4) is 0 Å². The van der Waals surface area contributed by atoms with Gasteiger partial charge in [-0.25, -0.2) is 0 Å². The highest BCUT2D eigenvalue weighted by Gasteiger charge is 2.65. The monoisotopic (exact) mass is 361 g/mol. The maximum Gasteiger partial charge on any atom is 0.265 e.